The van der Waals surface area contributed by atoms with Gasteiger partial charge in [0, 0.05) is 0 Å². The highest BCUT2D eigenvalue weighted by atomic mass is 16.5. The number of ether oxygens (including phenoxy) is 1. The van der Waals surface area contributed by atoms with Crippen molar-refractivity contribution in [2.45, 2.75) is 103 Å². The van der Waals surface area contributed by atoms with Crippen molar-refractivity contribution < 1.29 is 9.53 Å². The van der Waals surface area contributed by atoms with Gasteiger partial charge in [-0.25, -0.2) is 0 Å². The summed E-state index contributed by atoms with van der Waals surface area (Å²) in [5, 5.41) is 0. The maximum Gasteiger partial charge on any atom is 0.309 e. The minimum Gasteiger partial charge on any atom is -0.462 e. The van der Waals surface area contributed by atoms with Crippen molar-refractivity contribution >= 4 is 5.97 Å². The monoisotopic (exact) mass is 282 g/mol. The SMILES string of the molecule is CCCCCCCCCCCC(CC)OC(=O)C1CC1. The first-order chi connectivity index (χ1) is 9.77. The fourth-order valence-electron chi connectivity index (χ4n) is 2.61. The molecule has 1 rings (SSSR count). The van der Waals surface area contributed by atoms with Crippen LogP contribution in [0.25, 0.3) is 0 Å². The molecule has 2 nitrogen and oxygen atoms in total. The van der Waals surface area contributed by atoms with Crippen LogP contribution < -0.4 is 0 Å². The van der Waals surface area contributed by atoms with Gasteiger partial charge in [-0.2, -0.15) is 0 Å². The minimum absolute atomic E-state index is 0.0628. The Morgan fingerprint density at radius 1 is 0.950 bits per heavy atom. The van der Waals surface area contributed by atoms with Crippen molar-refractivity contribution in [1.29, 1.82) is 0 Å². The molecule has 0 aromatic rings. The Labute approximate surface area is 125 Å². The molecule has 0 radical (unpaired) electrons. The van der Waals surface area contributed by atoms with E-state index < -0.39 is 0 Å². The zero-order valence-corrected chi connectivity index (χ0v) is 13.7. The number of rotatable bonds is 13. The summed E-state index contributed by atoms with van der Waals surface area (Å²) in [6.07, 6.45) is 16.5. The Kier molecular flexibility index (Phi) is 9.78. The van der Waals surface area contributed by atoms with Crippen molar-refractivity contribution in [3.63, 3.8) is 0 Å². The fourth-order valence-corrected chi connectivity index (χ4v) is 2.61. The number of carbonyl (C=O) groups excluding carboxylic acids is 1. The molecule has 1 aliphatic rings. The molecular formula is C18H34O2. The normalized spacial score (nSPS) is 16.1. The van der Waals surface area contributed by atoms with E-state index in [-0.39, 0.29) is 18.0 Å². The van der Waals surface area contributed by atoms with E-state index >= 15 is 0 Å². The van der Waals surface area contributed by atoms with Crippen molar-refractivity contribution in [2.24, 2.45) is 5.92 Å². The van der Waals surface area contributed by atoms with Gasteiger partial charge in [-0.3, -0.25) is 4.79 Å². The van der Waals surface area contributed by atoms with Crippen LogP contribution in [0, 0.1) is 5.92 Å². The summed E-state index contributed by atoms with van der Waals surface area (Å²) in [5.74, 6) is 0.306. The van der Waals surface area contributed by atoms with Crippen LogP contribution in [0.1, 0.15) is 97.3 Å². The molecule has 20 heavy (non-hydrogen) atoms. The third kappa shape index (κ3) is 8.60. The fraction of sp³-hybridized carbons (Fsp3) is 0.944. The first-order valence-corrected chi connectivity index (χ1v) is 8.98. The molecule has 1 atom stereocenters. The lowest BCUT2D eigenvalue weighted by atomic mass is 10.0. The molecule has 1 saturated carbocycles. The van der Waals surface area contributed by atoms with Gasteiger partial charge in [0.05, 0.1) is 5.92 Å². The van der Waals surface area contributed by atoms with E-state index in [0.29, 0.717) is 0 Å². The topological polar surface area (TPSA) is 26.3 Å². The van der Waals surface area contributed by atoms with E-state index in [9.17, 15) is 4.79 Å². The minimum atomic E-state index is 0.0628. The first kappa shape index (κ1) is 17.5. The van der Waals surface area contributed by atoms with Gasteiger partial charge in [-0.1, -0.05) is 65.2 Å². The number of carbonyl (C=O) groups is 1. The number of unbranched alkanes of at least 4 members (excludes halogenated alkanes) is 8. The second-order valence-electron chi connectivity index (χ2n) is 6.36. The largest absolute Gasteiger partial charge is 0.462 e. The Bertz CT molecular complexity index is 246. The average molecular weight is 282 g/mol. The molecule has 0 bridgehead atoms. The third-order valence-corrected chi connectivity index (χ3v) is 4.28. The Morgan fingerprint density at radius 2 is 1.50 bits per heavy atom. The Morgan fingerprint density at radius 3 is 2.00 bits per heavy atom. The van der Waals surface area contributed by atoms with Gasteiger partial charge in [0.15, 0.2) is 0 Å². The molecule has 2 heteroatoms. The van der Waals surface area contributed by atoms with E-state index in [1.54, 1.807) is 0 Å². The van der Waals surface area contributed by atoms with Crippen LogP contribution in [-0.4, -0.2) is 12.1 Å². The second kappa shape index (κ2) is 11.2. The van der Waals surface area contributed by atoms with Crippen LogP contribution in [0.15, 0.2) is 0 Å². The summed E-state index contributed by atoms with van der Waals surface area (Å²) in [6.45, 7) is 4.39. The van der Waals surface area contributed by atoms with Gasteiger partial charge in [-0.15, -0.1) is 0 Å². The summed E-state index contributed by atoms with van der Waals surface area (Å²) < 4.78 is 5.56. The maximum absolute atomic E-state index is 11.6. The van der Waals surface area contributed by atoms with E-state index in [1.807, 2.05) is 0 Å². The molecule has 0 aliphatic heterocycles. The molecule has 0 amide bonds. The summed E-state index contributed by atoms with van der Waals surface area (Å²) in [5.41, 5.74) is 0. The van der Waals surface area contributed by atoms with Gasteiger partial charge in [0.1, 0.15) is 6.10 Å². The lowest BCUT2D eigenvalue weighted by Gasteiger charge is -2.15. The molecule has 0 spiro atoms. The summed E-state index contributed by atoms with van der Waals surface area (Å²) in [4.78, 5) is 11.6. The van der Waals surface area contributed by atoms with E-state index in [0.717, 1.165) is 25.7 Å². The first-order valence-electron chi connectivity index (χ1n) is 8.98. The predicted octanol–water partition coefficient (Wildman–Crippen LogP) is 5.64. The molecule has 1 unspecified atom stereocenters. The molecule has 1 aliphatic carbocycles. The second-order valence-corrected chi connectivity index (χ2v) is 6.36. The van der Waals surface area contributed by atoms with Gasteiger partial charge in [0.2, 0.25) is 0 Å². The zero-order chi connectivity index (χ0) is 14.6. The Balaban J connectivity index is 1.89. The summed E-state index contributed by atoms with van der Waals surface area (Å²) >= 11 is 0. The van der Waals surface area contributed by atoms with Gasteiger partial charge in [0.25, 0.3) is 0 Å². The van der Waals surface area contributed by atoms with Gasteiger partial charge >= 0.3 is 5.97 Å². The van der Waals surface area contributed by atoms with Crippen LogP contribution in [0.2, 0.25) is 0 Å². The third-order valence-electron chi connectivity index (χ3n) is 4.28. The lowest BCUT2D eigenvalue weighted by molar-refractivity contribution is -0.151. The highest BCUT2D eigenvalue weighted by molar-refractivity contribution is 5.75. The molecule has 0 aromatic carbocycles. The molecule has 118 valence electrons. The summed E-state index contributed by atoms with van der Waals surface area (Å²) in [7, 11) is 0. The number of esters is 1. The molecule has 0 heterocycles. The highest BCUT2D eigenvalue weighted by Crippen LogP contribution is 2.31. The quantitative estimate of drug-likeness (QED) is 0.323. The van der Waals surface area contributed by atoms with Crippen molar-refractivity contribution in [1.82, 2.24) is 0 Å². The molecule has 1 fully saturated rings. The average Bonchev–Trinajstić information content (AvgIpc) is 3.28. The van der Waals surface area contributed by atoms with Crippen molar-refractivity contribution in [3.8, 4) is 0 Å². The van der Waals surface area contributed by atoms with Crippen LogP contribution >= 0.6 is 0 Å². The van der Waals surface area contributed by atoms with Crippen molar-refractivity contribution in [2.75, 3.05) is 0 Å². The van der Waals surface area contributed by atoms with Crippen molar-refractivity contribution in [3.05, 3.63) is 0 Å². The van der Waals surface area contributed by atoms with Gasteiger partial charge < -0.3 is 4.74 Å². The highest BCUT2D eigenvalue weighted by Gasteiger charge is 2.32. The molecule has 0 N–H and O–H groups in total. The van der Waals surface area contributed by atoms with E-state index in [2.05, 4.69) is 13.8 Å². The zero-order valence-electron chi connectivity index (χ0n) is 13.7. The van der Waals surface area contributed by atoms with Gasteiger partial charge in [-0.05, 0) is 32.1 Å². The van der Waals surface area contributed by atoms with E-state index in [4.69, 9.17) is 4.74 Å². The lowest BCUT2D eigenvalue weighted by Crippen LogP contribution is -2.18. The predicted molar refractivity (Wildman–Crippen MR) is 84.7 cm³/mol. The smallest absolute Gasteiger partial charge is 0.309 e. The van der Waals surface area contributed by atoms with Crippen LogP contribution in [-0.2, 0) is 9.53 Å². The van der Waals surface area contributed by atoms with E-state index in [1.165, 1.54) is 57.8 Å². The standard InChI is InChI=1S/C18H34O2/c1-3-5-6-7-8-9-10-11-12-13-17(4-2)20-18(19)16-14-15-16/h16-17H,3-15H2,1-2H3. The number of hydrogen-bond acceptors (Lipinski definition) is 2. The maximum atomic E-state index is 11.6. The Hall–Kier alpha value is -0.530. The summed E-state index contributed by atoms with van der Waals surface area (Å²) in [6, 6.07) is 0. The molecular weight excluding hydrogens is 248 g/mol. The van der Waals surface area contributed by atoms with Crippen LogP contribution in [0.4, 0.5) is 0 Å². The van der Waals surface area contributed by atoms with Crippen LogP contribution in [0.3, 0.4) is 0 Å². The van der Waals surface area contributed by atoms with Crippen LogP contribution in [0.5, 0.6) is 0 Å². The molecule has 0 aromatic heterocycles. The molecule has 0 saturated heterocycles. The number of hydrogen-bond donors (Lipinski definition) is 0.